The molecule has 2 aromatic rings. The molecule has 0 radical (unpaired) electrons. The third-order valence-electron chi connectivity index (χ3n) is 3.01. The number of anilines is 2. The highest BCUT2D eigenvalue weighted by Gasteiger charge is 2.21. The quantitative estimate of drug-likeness (QED) is 0.648. The minimum atomic E-state index is -1.01. The van der Waals surface area contributed by atoms with Crippen molar-refractivity contribution in [3.05, 3.63) is 58.1 Å². The molecular weight excluding hydrogens is 339 g/mol. The van der Waals surface area contributed by atoms with E-state index in [0.717, 1.165) is 0 Å². The molecule has 0 aliphatic carbocycles. The lowest BCUT2D eigenvalue weighted by Gasteiger charge is -2.15. The third kappa shape index (κ3) is 4.37. The second-order valence-corrected chi connectivity index (χ2v) is 5.60. The minimum absolute atomic E-state index is 0.0156. The number of hydrogen-bond donors (Lipinski definition) is 2. The average Bonchev–Trinajstić information content (AvgIpc) is 2.51. The third-order valence-corrected chi connectivity index (χ3v) is 3.54. The molecule has 23 heavy (non-hydrogen) atoms. The summed E-state index contributed by atoms with van der Waals surface area (Å²) in [5.74, 6) is -1.24. The van der Waals surface area contributed by atoms with Crippen LogP contribution in [0.1, 0.15) is 17.3 Å². The van der Waals surface area contributed by atoms with E-state index in [9.17, 15) is 9.59 Å². The van der Waals surface area contributed by atoms with Gasteiger partial charge >= 0.3 is 5.97 Å². The van der Waals surface area contributed by atoms with Crippen LogP contribution in [0.3, 0.4) is 0 Å². The molecule has 120 valence electrons. The van der Waals surface area contributed by atoms with Crippen molar-refractivity contribution in [1.29, 1.82) is 0 Å². The Morgan fingerprint density at radius 1 is 1.17 bits per heavy atom. The second kappa shape index (κ2) is 7.35. The Labute approximate surface area is 143 Å². The molecule has 0 saturated carbocycles. The molecule has 3 N–H and O–H groups in total. The second-order valence-electron chi connectivity index (χ2n) is 4.75. The maximum Gasteiger partial charge on any atom is 0.341 e. The number of halogens is 2. The van der Waals surface area contributed by atoms with Gasteiger partial charge in [0.25, 0.3) is 5.91 Å². The number of carbonyl (C=O) groups is 2. The fourth-order valence-corrected chi connectivity index (χ4v) is 2.29. The molecule has 7 heteroatoms. The van der Waals surface area contributed by atoms with E-state index >= 15 is 0 Å². The SMILES string of the molecule is CC(OC(=O)c1cc(Cl)cc(Cl)c1N)C(=O)Nc1ccccc1. The summed E-state index contributed by atoms with van der Waals surface area (Å²) in [6.07, 6.45) is -1.01. The van der Waals surface area contributed by atoms with Crippen molar-refractivity contribution in [3.8, 4) is 0 Å². The monoisotopic (exact) mass is 352 g/mol. The smallest absolute Gasteiger partial charge is 0.341 e. The van der Waals surface area contributed by atoms with Crippen LogP contribution in [0, 0.1) is 0 Å². The van der Waals surface area contributed by atoms with Crippen LogP contribution < -0.4 is 11.1 Å². The maximum absolute atomic E-state index is 12.1. The van der Waals surface area contributed by atoms with E-state index in [2.05, 4.69) is 5.32 Å². The van der Waals surface area contributed by atoms with E-state index in [1.807, 2.05) is 6.07 Å². The summed E-state index contributed by atoms with van der Waals surface area (Å²) in [5, 5.41) is 3.03. The summed E-state index contributed by atoms with van der Waals surface area (Å²) < 4.78 is 5.11. The summed E-state index contributed by atoms with van der Waals surface area (Å²) in [6, 6.07) is 11.6. The van der Waals surface area contributed by atoms with Crippen molar-refractivity contribution >= 4 is 46.5 Å². The molecular formula is C16H14Cl2N2O3. The number of nitrogen functional groups attached to an aromatic ring is 1. The van der Waals surface area contributed by atoms with Gasteiger partial charge in [-0.1, -0.05) is 41.4 Å². The van der Waals surface area contributed by atoms with Gasteiger partial charge in [-0.3, -0.25) is 4.79 Å². The Balaban J connectivity index is 2.06. The van der Waals surface area contributed by atoms with Crippen molar-refractivity contribution in [2.45, 2.75) is 13.0 Å². The molecule has 0 fully saturated rings. The van der Waals surface area contributed by atoms with Gasteiger partial charge in [-0.05, 0) is 31.2 Å². The average molecular weight is 353 g/mol. The van der Waals surface area contributed by atoms with Gasteiger partial charge in [0.1, 0.15) is 0 Å². The Hall–Kier alpha value is -2.24. The zero-order valence-electron chi connectivity index (χ0n) is 12.2. The van der Waals surface area contributed by atoms with E-state index in [4.69, 9.17) is 33.7 Å². The van der Waals surface area contributed by atoms with Crippen LogP contribution in [-0.4, -0.2) is 18.0 Å². The molecule has 2 aromatic carbocycles. The highest BCUT2D eigenvalue weighted by molar-refractivity contribution is 6.37. The van der Waals surface area contributed by atoms with E-state index in [-0.39, 0.29) is 21.3 Å². The van der Waals surface area contributed by atoms with Crippen LogP contribution in [0.25, 0.3) is 0 Å². The minimum Gasteiger partial charge on any atom is -0.449 e. The maximum atomic E-state index is 12.1. The van der Waals surface area contributed by atoms with Gasteiger partial charge in [0.05, 0.1) is 16.3 Å². The summed E-state index contributed by atoms with van der Waals surface area (Å²) >= 11 is 11.7. The number of benzene rings is 2. The Bertz CT molecular complexity index is 736. The van der Waals surface area contributed by atoms with Crippen LogP contribution in [0.4, 0.5) is 11.4 Å². The number of para-hydroxylation sites is 1. The summed E-state index contributed by atoms with van der Waals surface area (Å²) in [7, 11) is 0. The summed E-state index contributed by atoms with van der Waals surface area (Å²) in [4.78, 5) is 24.2. The molecule has 0 spiro atoms. The van der Waals surface area contributed by atoms with Crippen molar-refractivity contribution in [2.24, 2.45) is 0 Å². The molecule has 0 heterocycles. The predicted octanol–water partition coefficient (Wildman–Crippen LogP) is 3.76. The molecule has 0 saturated heterocycles. The van der Waals surface area contributed by atoms with E-state index in [1.165, 1.54) is 19.1 Å². The van der Waals surface area contributed by atoms with Gasteiger partial charge in [-0.2, -0.15) is 0 Å². The van der Waals surface area contributed by atoms with Crippen molar-refractivity contribution in [1.82, 2.24) is 0 Å². The number of nitrogens with one attached hydrogen (secondary N) is 1. The van der Waals surface area contributed by atoms with Gasteiger partial charge < -0.3 is 15.8 Å². The zero-order chi connectivity index (χ0) is 17.0. The molecule has 0 aliphatic heterocycles. The largest absolute Gasteiger partial charge is 0.449 e. The first kappa shape index (κ1) is 17.1. The zero-order valence-corrected chi connectivity index (χ0v) is 13.7. The molecule has 0 aromatic heterocycles. The predicted molar refractivity (Wildman–Crippen MR) is 90.8 cm³/mol. The van der Waals surface area contributed by atoms with Crippen molar-refractivity contribution < 1.29 is 14.3 Å². The normalized spacial score (nSPS) is 11.6. The molecule has 0 aliphatic rings. The lowest BCUT2D eigenvalue weighted by molar-refractivity contribution is -0.123. The topological polar surface area (TPSA) is 81.4 Å². The van der Waals surface area contributed by atoms with Crippen molar-refractivity contribution in [3.63, 3.8) is 0 Å². The molecule has 1 unspecified atom stereocenters. The molecule has 1 atom stereocenters. The van der Waals surface area contributed by atoms with Gasteiger partial charge in [0.2, 0.25) is 0 Å². The van der Waals surface area contributed by atoms with E-state index < -0.39 is 18.0 Å². The van der Waals surface area contributed by atoms with Gasteiger partial charge in [0, 0.05) is 10.7 Å². The van der Waals surface area contributed by atoms with Crippen LogP contribution in [0.2, 0.25) is 10.0 Å². The van der Waals surface area contributed by atoms with Gasteiger partial charge in [0.15, 0.2) is 6.10 Å². The highest BCUT2D eigenvalue weighted by atomic mass is 35.5. The lowest BCUT2D eigenvalue weighted by Crippen LogP contribution is -2.30. The van der Waals surface area contributed by atoms with Crippen LogP contribution in [-0.2, 0) is 9.53 Å². The fraction of sp³-hybridized carbons (Fsp3) is 0.125. The number of carbonyl (C=O) groups excluding carboxylic acids is 2. The highest BCUT2D eigenvalue weighted by Crippen LogP contribution is 2.28. The number of esters is 1. The molecule has 1 amide bonds. The first-order valence-electron chi connectivity index (χ1n) is 6.70. The van der Waals surface area contributed by atoms with Crippen LogP contribution in [0.15, 0.2) is 42.5 Å². The van der Waals surface area contributed by atoms with Crippen molar-refractivity contribution in [2.75, 3.05) is 11.1 Å². The number of rotatable bonds is 4. The van der Waals surface area contributed by atoms with Crippen LogP contribution in [0.5, 0.6) is 0 Å². The lowest BCUT2D eigenvalue weighted by atomic mass is 10.2. The van der Waals surface area contributed by atoms with E-state index in [1.54, 1.807) is 24.3 Å². The first-order valence-corrected chi connectivity index (χ1v) is 7.45. The number of nitrogens with two attached hydrogens (primary N) is 1. The molecule has 5 nitrogen and oxygen atoms in total. The Morgan fingerprint density at radius 3 is 2.48 bits per heavy atom. The number of ether oxygens (including phenoxy) is 1. The Kier molecular flexibility index (Phi) is 5.47. The summed E-state index contributed by atoms with van der Waals surface area (Å²) in [6.45, 7) is 1.46. The standard InChI is InChI=1S/C16H14Cl2N2O3/c1-9(15(21)20-11-5-3-2-4-6-11)23-16(22)12-7-10(17)8-13(18)14(12)19/h2-9H,19H2,1H3,(H,20,21). The molecule has 0 bridgehead atoms. The Morgan fingerprint density at radius 2 is 1.83 bits per heavy atom. The fourth-order valence-electron chi connectivity index (χ4n) is 1.80. The number of amides is 1. The summed E-state index contributed by atoms with van der Waals surface area (Å²) in [5.41, 5.74) is 6.41. The van der Waals surface area contributed by atoms with Gasteiger partial charge in [-0.25, -0.2) is 4.79 Å². The van der Waals surface area contributed by atoms with E-state index in [0.29, 0.717) is 5.69 Å². The first-order chi connectivity index (χ1) is 10.9. The molecule has 2 rings (SSSR count). The number of hydrogen-bond acceptors (Lipinski definition) is 4. The van der Waals surface area contributed by atoms with Gasteiger partial charge in [-0.15, -0.1) is 0 Å². The van der Waals surface area contributed by atoms with Crippen LogP contribution >= 0.6 is 23.2 Å².